The van der Waals surface area contributed by atoms with E-state index >= 15 is 0 Å². The Labute approximate surface area is 122 Å². The summed E-state index contributed by atoms with van der Waals surface area (Å²) >= 11 is 0. The third kappa shape index (κ3) is 2.91. The van der Waals surface area contributed by atoms with Gasteiger partial charge < -0.3 is 10.1 Å². The fourth-order valence-corrected chi connectivity index (χ4v) is 3.54. The minimum Gasteiger partial charge on any atom is -0.370 e. The lowest BCUT2D eigenvalue weighted by Gasteiger charge is -2.43. The van der Waals surface area contributed by atoms with Gasteiger partial charge in [-0.25, -0.2) is 0 Å². The van der Waals surface area contributed by atoms with Gasteiger partial charge in [0.15, 0.2) is 0 Å². The van der Waals surface area contributed by atoms with E-state index in [1.54, 1.807) is 0 Å². The summed E-state index contributed by atoms with van der Waals surface area (Å²) in [6.07, 6.45) is 6.89. The van der Waals surface area contributed by atoms with E-state index in [2.05, 4.69) is 43.4 Å². The van der Waals surface area contributed by atoms with Crippen molar-refractivity contribution in [1.29, 1.82) is 0 Å². The number of rotatable bonds is 2. The zero-order valence-electron chi connectivity index (χ0n) is 12.8. The van der Waals surface area contributed by atoms with Crippen LogP contribution in [0.1, 0.15) is 69.1 Å². The molecule has 2 heteroatoms. The third-order valence-electron chi connectivity index (χ3n) is 5.01. The van der Waals surface area contributed by atoms with Crippen LogP contribution in [0.25, 0.3) is 0 Å². The van der Waals surface area contributed by atoms with Crippen molar-refractivity contribution in [3.63, 3.8) is 0 Å². The smallest absolute Gasteiger partial charge is 0.0950 e. The van der Waals surface area contributed by atoms with Crippen LogP contribution >= 0.6 is 0 Å². The Bertz CT molecular complexity index is 421. The Balaban J connectivity index is 1.62. The molecule has 0 bridgehead atoms. The normalized spacial score (nSPS) is 26.1. The SMILES string of the molecule is CC(C)c1ccc(C2CNC3(CCCCC3)CO2)cc1. The Morgan fingerprint density at radius 3 is 2.35 bits per heavy atom. The molecular formula is C18H27NO. The third-order valence-corrected chi connectivity index (χ3v) is 5.01. The van der Waals surface area contributed by atoms with E-state index in [1.807, 2.05) is 0 Å². The second kappa shape index (κ2) is 5.87. The van der Waals surface area contributed by atoms with Gasteiger partial charge in [0.25, 0.3) is 0 Å². The highest BCUT2D eigenvalue weighted by atomic mass is 16.5. The molecular weight excluding hydrogens is 246 g/mol. The fraction of sp³-hybridized carbons (Fsp3) is 0.667. The number of hydrogen-bond donors (Lipinski definition) is 1. The molecule has 0 aromatic heterocycles. The van der Waals surface area contributed by atoms with Crippen molar-refractivity contribution in [1.82, 2.24) is 5.32 Å². The number of nitrogens with one attached hydrogen (secondary N) is 1. The molecule has 1 heterocycles. The van der Waals surface area contributed by atoms with Crippen molar-refractivity contribution >= 4 is 0 Å². The lowest BCUT2D eigenvalue weighted by atomic mass is 9.81. The fourth-order valence-electron chi connectivity index (χ4n) is 3.54. The summed E-state index contributed by atoms with van der Waals surface area (Å²) in [7, 11) is 0. The van der Waals surface area contributed by atoms with Crippen LogP contribution in [-0.4, -0.2) is 18.7 Å². The first-order valence-electron chi connectivity index (χ1n) is 8.15. The van der Waals surface area contributed by atoms with Crippen LogP contribution < -0.4 is 5.32 Å². The average molecular weight is 273 g/mol. The van der Waals surface area contributed by atoms with Crippen LogP contribution in [0, 0.1) is 0 Å². The topological polar surface area (TPSA) is 21.3 Å². The first-order valence-corrected chi connectivity index (χ1v) is 8.15. The van der Waals surface area contributed by atoms with E-state index in [9.17, 15) is 0 Å². The summed E-state index contributed by atoms with van der Waals surface area (Å²) in [4.78, 5) is 0. The standard InChI is InChI=1S/C18H27NO/c1-14(2)15-6-8-16(9-7-15)17-12-19-18(13-20-17)10-4-3-5-11-18/h6-9,14,17,19H,3-5,10-13H2,1-2H3. The molecule has 110 valence electrons. The van der Waals surface area contributed by atoms with Crippen molar-refractivity contribution in [2.24, 2.45) is 0 Å². The first-order chi connectivity index (χ1) is 9.69. The molecule has 1 atom stereocenters. The van der Waals surface area contributed by atoms with Gasteiger partial charge in [0.1, 0.15) is 0 Å². The molecule has 0 amide bonds. The first kappa shape index (κ1) is 14.1. The molecule has 1 aromatic rings. The molecule has 1 aliphatic heterocycles. The molecule has 1 unspecified atom stereocenters. The number of morpholine rings is 1. The molecule has 1 saturated carbocycles. The summed E-state index contributed by atoms with van der Waals surface area (Å²) in [6.45, 7) is 6.31. The van der Waals surface area contributed by atoms with Gasteiger partial charge in [-0.1, -0.05) is 57.4 Å². The Hall–Kier alpha value is -0.860. The van der Waals surface area contributed by atoms with Crippen LogP contribution in [0.15, 0.2) is 24.3 Å². The number of ether oxygens (including phenoxy) is 1. The molecule has 2 aliphatic rings. The van der Waals surface area contributed by atoms with Gasteiger partial charge in [0.2, 0.25) is 0 Å². The van der Waals surface area contributed by atoms with Crippen LogP contribution in [0.2, 0.25) is 0 Å². The van der Waals surface area contributed by atoms with Crippen LogP contribution in [-0.2, 0) is 4.74 Å². The maximum Gasteiger partial charge on any atom is 0.0950 e. The van der Waals surface area contributed by atoms with Gasteiger partial charge in [0.05, 0.1) is 12.7 Å². The number of benzene rings is 1. The van der Waals surface area contributed by atoms with Gasteiger partial charge in [0, 0.05) is 12.1 Å². The summed E-state index contributed by atoms with van der Waals surface area (Å²) < 4.78 is 6.20. The maximum atomic E-state index is 6.20. The minimum absolute atomic E-state index is 0.226. The summed E-state index contributed by atoms with van der Waals surface area (Å²) in [6, 6.07) is 8.96. The van der Waals surface area contributed by atoms with Gasteiger partial charge in [-0.3, -0.25) is 0 Å². The molecule has 1 spiro atoms. The maximum absolute atomic E-state index is 6.20. The summed E-state index contributed by atoms with van der Waals surface area (Å²) in [5.41, 5.74) is 3.00. The minimum atomic E-state index is 0.226. The largest absolute Gasteiger partial charge is 0.370 e. The number of hydrogen-bond acceptors (Lipinski definition) is 2. The highest BCUT2D eigenvalue weighted by Gasteiger charge is 2.36. The van der Waals surface area contributed by atoms with E-state index in [4.69, 9.17) is 4.74 Å². The zero-order chi connectivity index (χ0) is 14.0. The van der Waals surface area contributed by atoms with Crippen molar-refractivity contribution in [3.8, 4) is 0 Å². The Morgan fingerprint density at radius 2 is 1.80 bits per heavy atom. The van der Waals surface area contributed by atoms with E-state index in [0.29, 0.717) is 5.92 Å². The Kier molecular flexibility index (Phi) is 4.13. The predicted molar refractivity (Wildman–Crippen MR) is 83.0 cm³/mol. The molecule has 3 rings (SSSR count). The highest BCUT2D eigenvalue weighted by Crippen LogP contribution is 2.34. The van der Waals surface area contributed by atoms with Crippen molar-refractivity contribution in [2.75, 3.05) is 13.2 Å². The van der Waals surface area contributed by atoms with E-state index in [-0.39, 0.29) is 11.6 Å². The molecule has 1 aromatic carbocycles. The molecule has 20 heavy (non-hydrogen) atoms. The van der Waals surface area contributed by atoms with Crippen molar-refractivity contribution in [2.45, 2.75) is 63.5 Å². The summed E-state index contributed by atoms with van der Waals surface area (Å²) in [5, 5.41) is 3.80. The van der Waals surface area contributed by atoms with Crippen LogP contribution in [0.4, 0.5) is 0 Å². The van der Waals surface area contributed by atoms with Gasteiger partial charge in [-0.15, -0.1) is 0 Å². The molecule has 2 fully saturated rings. The van der Waals surface area contributed by atoms with Crippen molar-refractivity contribution < 1.29 is 4.74 Å². The van der Waals surface area contributed by atoms with Gasteiger partial charge in [-0.2, -0.15) is 0 Å². The average Bonchev–Trinajstić information content (AvgIpc) is 2.49. The molecule has 2 nitrogen and oxygen atoms in total. The van der Waals surface area contributed by atoms with E-state index in [1.165, 1.54) is 43.2 Å². The van der Waals surface area contributed by atoms with Gasteiger partial charge in [-0.05, 0) is 29.9 Å². The molecule has 1 saturated heterocycles. The second-order valence-corrected chi connectivity index (χ2v) is 6.84. The lowest BCUT2D eigenvalue weighted by Crippen LogP contribution is -2.55. The monoisotopic (exact) mass is 273 g/mol. The predicted octanol–water partition coefficient (Wildman–Crippen LogP) is 4.17. The van der Waals surface area contributed by atoms with Crippen LogP contribution in [0.3, 0.4) is 0 Å². The highest BCUT2D eigenvalue weighted by molar-refractivity contribution is 5.26. The molecule has 0 radical (unpaired) electrons. The van der Waals surface area contributed by atoms with Gasteiger partial charge >= 0.3 is 0 Å². The van der Waals surface area contributed by atoms with Crippen LogP contribution in [0.5, 0.6) is 0 Å². The Morgan fingerprint density at radius 1 is 1.10 bits per heavy atom. The molecule has 1 N–H and O–H groups in total. The zero-order valence-corrected chi connectivity index (χ0v) is 12.8. The summed E-state index contributed by atoms with van der Waals surface area (Å²) in [5.74, 6) is 0.597. The second-order valence-electron chi connectivity index (χ2n) is 6.84. The van der Waals surface area contributed by atoms with Crippen molar-refractivity contribution in [3.05, 3.63) is 35.4 Å². The lowest BCUT2D eigenvalue weighted by molar-refractivity contribution is -0.0466. The molecule has 1 aliphatic carbocycles. The van der Waals surface area contributed by atoms with E-state index < -0.39 is 0 Å². The quantitative estimate of drug-likeness (QED) is 0.873. The van der Waals surface area contributed by atoms with E-state index in [0.717, 1.165) is 13.2 Å².